The molecule has 0 aromatic carbocycles. The molecule has 2 rings (SSSR count). The third kappa shape index (κ3) is 1.54. The normalized spacial score (nSPS) is 24.6. The maximum Gasteiger partial charge on any atom is 0.244 e. The third-order valence-electron chi connectivity index (χ3n) is 2.66. The van der Waals surface area contributed by atoms with Crippen molar-refractivity contribution in [2.24, 2.45) is 0 Å². The summed E-state index contributed by atoms with van der Waals surface area (Å²) in [6, 6.07) is -0.0499. The number of hydrogen-bond acceptors (Lipinski definition) is 2. The number of hydrogen-bond donors (Lipinski definition) is 1. The monoisotopic (exact) mass is 193 g/mol. The average molecular weight is 193 g/mol. The highest BCUT2D eigenvalue weighted by Gasteiger charge is 2.29. The van der Waals surface area contributed by atoms with Gasteiger partial charge in [-0.05, 0) is 18.4 Å². The van der Waals surface area contributed by atoms with E-state index in [1.807, 2.05) is 12.5 Å². The zero-order valence-electron chi connectivity index (χ0n) is 8.58. The average Bonchev–Trinajstić information content (AvgIpc) is 2.59. The first-order chi connectivity index (χ1) is 6.68. The molecule has 0 saturated carbocycles. The number of amides is 1. The SMILES string of the molecule is CN(C)C(=O)C1CC2=C([CH]C=CC2)N1.[HH]. The summed E-state index contributed by atoms with van der Waals surface area (Å²) < 4.78 is 0. The van der Waals surface area contributed by atoms with Gasteiger partial charge in [-0.3, -0.25) is 4.79 Å². The molecule has 77 valence electrons. The predicted molar refractivity (Wildman–Crippen MR) is 57.4 cm³/mol. The van der Waals surface area contributed by atoms with Crippen molar-refractivity contribution in [2.45, 2.75) is 18.9 Å². The van der Waals surface area contributed by atoms with Gasteiger partial charge in [0.2, 0.25) is 5.91 Å². The van der Waals surface area contributed by atoms with E-state index in [-0.39, 0.29) is 13.4 Å². The minimum atomic E-state index is -0.0499. The minimum Gasteiger partial charge on any atom is -0.376 e. The van der Waals surface area contributed by atoms with Crippen molar-refractivity contribution in [2.75, 3.05) is 14.1 Å². The predicted octanol–water partition coefficient (Wildman–Crippen LogP) is 1.10. The Morgan fingerprint density at radius 1 is 1.64 bits per heavy atom. The van der Waals surface area contributed by atoms with Crippen LogP contribution in [-0.2, 0) is 4.79 Å². The molecule has 1 amide bonds. The fourth-order valence-electron chi connectivity index (χ4n) is 1.89. The molecule has 3 nitrogen and oxygen atoms in total. The molecule has 1 atom stereocenters. The van der Waals surface area contributed by atoms with Crippen LogP contribution in [0.2, 0.25) is 0 Å². The van der Waals surface area contributed by atoms with Gasteiger partial charge in [-0.15, -0.1) is 0 Å². The van der Waals surface area contributed by atoms with Gasteiger partial charge in [0.15, 0.2) is 0 Å². The second-order valence-electron chi connectivity index (χ2n) is 3.95. The van der Waals surface area contributed by atoms with Crippen LogP contribution in [0.1, 0.15) is 14.3 Å². The summed E-state index contributed by atoms with van der Waals surface area (Å²) >= 11 is 0. The topological polar surface area (TPSA) is 32.3 Å². The quantitative estimate of drug-likeness (QED) is 0.676. The summed E-state index contributed by atoms with van der Waals surface area (Å²) in [7, 11) is 3.59. The van der Waals surface area contributed by atoms with E-state index in [0.717, 1.165) is 18.5 Å². The number of carbonyl (C=O) groups is 1. The van der Waals surface area contributed by atoms with E-state index in [1.165, 1.54) is 5.57 Å². The van der Waals surface area contributed by atoms with E-state index in [1.54, 1.807) is 19.0 Å². The van der Waals surface area contributed by atoms with Crippen molar-refractivity contribution in [3.8, 4) is 0 Å². The van der Waals surface area contributed by atoms with E-state index in [0.29, 0.717) is 0 Å². The highest BCUT2D eigenvalue weighted by molar-refractivity contribution is 5.83. The Morgan fingerprint density at radius 3 is 3.07 bits per heavy atom. The highest BCUT2D eigenvalue weighted by Crippen LogP contribution is 2.27. The van der Waals surface area contributed by atoms with Crippen molar-refractivity contribution < 1.29 is 6.22 Å². The molecule has 0 saturated heterocycles. The van der Waals surface area contributed by atoms with Gasteiger partial charge in [0.25, 0.3) is 0 Å². The molecule has 1 radical (unpaired) electrons. The van der Waals surface area contributed by atoms with Crippen LogP contribution in [0.25, 0.3) is 0 Å². The second kappa shape index (κ2) is 3.48. The number of rotatable bonds is 1. The molecule has 1 heterocycles. The van der Waals surface area contributed by atoms with Gasteiger partial charge in [0.05, 0.1) is 0 Å². The second-order valence-corrected chi connectivity index (χ2v) is 3.95. The van der Waals surface area contributed by atoms with Crippen LogP contribution in [0.3, 0.4) is 0 Å². The van der Waals surface area contributed by atoms with Crippen molar-refractivity contribution in [3.05, 3.63) is 29.8 Å². The lowest BCUT2D eigenvalue weighted by atomic mass is 10.0. The standard InChI is InChI=1S/C11H15N2O.H2/c1-13(2)11(14)10-7-8-5-3-4-6-9(8)12-10;/h3-4,6,10,12H,5,7H2,1-2H3;1H. The smallest absolute Gasteiger partial charge is 0.244 e. The lowest BCUT2D eigenvalue weighted by Gasteiger charge is -2.17. The van der Waals surface area contributed by atoms with Crippen LogP contribution in [0.5, 0.6) is 0 Å². The van der Waals surface area contributed by atoms with Crippen LogP contribution < -0.4 is 5.32 Å². The molecule has 0 bridgehead atoms. The van der Waals surface area contributed by atoms with Gasteiger partial charge in [-0.25, -0.2) is 0 Å². The highest BCUT2D eigenvalue weighted by atomic mass is 16.2. The van der Waals surface area contributed by atoms with Crippen LogP contribution >= 0.6 is 0 Å². The molecule has 1 unspecified atom stereocenters. The van der Waals surface area contributed by atoms with Gasteiger partial charge >= 0.3 is 0 Å². The van der Waals surface area contributed by atoms with Gasteiger partial charge in [0.1, 0.15) is 6.04 Å². The largest absolute Gasteiger partial charge is 0.376 e. The van der Waals surface area contributed by atoms with Gasteiger partial charge < -0.3 is 10.2 Å². The Labute approximate surface area is 86.0 Å². The molecular weight excluding hydrogens is 176 g/mol. The molecule has 1 aliphatic heterocycles. The summed E-state index contributed by atoms with van der Waals surface area (Å²) in [5.74, 6) is 0.160. The third-order valence-corrected chi connectivity index (χ3v) is 2.66. The molecule has 0 fully saturated rings. The molecule has 0 aromatic heterocycles. The lowest BCUT2D eigenvalue weighted by molar-refractivity contribution is -0.130. The molecule has 3 heteroatoms. The van der Waals surface area contributed by atoms with E-state index in [9.17, 15) is 4.79 Å². The zero-order valence-corrected chi connectivity index (χ0v) is 8.58. The fourth-order valence-corrected chi connectivity index (χ4v) is 1.89. The number of carbonyl (C=O) groups excluding carboxylic acids is 1. The molecular formula is C11H17N2O. The number of allylic oxidation sites excluding steroid dienone is 2. The van der Waals surface area contributed by atoms with Crippen LogP contribution in [-0.4, -0.2) is 30.9 Å². The molecule has 0 aromatic rings. The van der Waals surface area contributed by atoms with Crippen LogP contribution in [0.4, 0.5) is 0 Å². The minimum absolute atomic E-state index is 0. The summed E-state index contributed by atoms with van der Waals surface area (Å²) in [4.78, 5) is 13.3. The first-order valence-electron chi connectivity index (χ1n) is 4.88. The van der Waals surface area contributed by atoms with Crippen LogP contribution in [0.15, 0.2) is 23.4 Å². The molecule has 0 spiro atoms. The van der Waals surface area contributed by atoms with Gasteiger partial charge in [0, 0.05) is 27.6 Å². The summed E-state index contributed by atoms with van der Waals surface area (Å²) in [6.07, 6.45) is 8.04. The fraction of sp³-hybridized carbons (Fsp3) is 0.455. The van der Waals surface area contributed by atoms with Crippen LogP contribution in [0, 0.1) is 6.42 Å². The van der Waals surface area contributed by atoms with Crippen molar-refractivity contribution in [1.29, 1.82) is 0 Å². The maximum absolute atomic E-state index is 11.7. The number of likely N-dealkylation sites (N-methyl/N-ethyl adjacent to an activating group) is 1. The van der Waals surface area contributed by atoms with Gasteiger partial charge in [-0.1, -0.05) is 12.2 Å². The zero-order chi connectivity index (χ0) is 10.1. The Bertz CT molecular complexity index is 301. The molecule has 1 aliphatic carbocycles. The Kier molecular flexibility index (Phi) is 2.32. The number of nitrogens with one attached hydrogen (secondary N) is 1. The van der Waals surface area contributed by atoms with Crippen molar-refractivity contribution in [1.82, 2.24) is 10.2 Å². The summed E-state index contributed by atoms with van der Waals surface area (Å²) in [5, 5.41) is 3.26. The first kappa shape index (κ1) is 9.31. The van der Waals surface area contributed by atoms with E-state index >= 15 is 0 Å². The van der Waals surface area contributed by atoms with E-state index in [4.69, 9.17) is 0 Å². The van der Waals surface area contributed by atoms with Crippen molar-refractivity contribution in [3.63, 3.8) is 0 Å². The first-order valence-corrected chi connectivity index (χ1v) is 4.88. The van der Waals surface area contributed by atoms with Gasteiger partial charge in [-0.2, -0.15) is 0 Å². The summed E-state index contributed by atoms with van der Waals surface area (Å²) in [6.45, 7) is 0. The molecule has 1 N–H and O–H groups in total. The molecule has 14 heavy (non-hydrogen) atoms. The number of nitrogens with zero attached hydrogens (tertiary/aromatic N) is 1. The summed E-state index contributed by atoms with van der Waals surface area (Å²) in [5.41, 5.74) is 2.50. The Morgan fingerprint density at radius 2 is 2.43 bits per heavy atom. The molecule has 2 aliphatic rings. The van der Waals surface area contributed by atoms with E-state index in [2.05, 4.69) is 11.4 Å². The lowest BCUT2D eigenvalue weighted by Crippen LogP contribution is -2.40. The Balaban J connectivity index is 0.00000112. The van der Waals surface area contributed by atoms with E-state index < -0.39 is 0 Å². The Hall–Kier alpha value is -1.25. The van der Waals surface area contributed by atoms with Crippen molar-refractivity contribution >= 4 is 5.91 Å². The maximum atomic E-state index is 11.7.